The lowest BCUT2D eigenvalue weighted by atomic mass is 9.90. The van der Waals surface area contributed by atoms with Gasteiger partial charge in [-0.3, -0.25) is 0 Å². The van der Waals surface area contributed by atoms with Crippen LogP contribution >= 0.6 is 0 Å². The molecule has 1 saturated heterocycles. The molecule has 1 aliphatic rings. The molecule has 2 heterocycles. The third-order valence-electron chi connectivity index (χ3n) is 5.27. The summed E-state index contributed by atoms with van der Waals surface area (Å²) in [7, 11) is 1.66. The SMILES string of the molecule is COc1cccc(Nc2nccc(N3CCC(Cc4ccccc4)CC3)n2)c1. The van der Waals surface area contributed by atoms with Crippen LogP contribution in [-0.4, -0.2) is 30.2 Å². The number of piperidine rings is 1. The number of anilines is 3. The van der Waals surface area contributed by atoms with E-state index in [-0.39, 0.29) is 0 Å². The minimum Gasteiger partial charge on any atom is -0.497 e. The highest BCUT2D eigenvalue weighted by atomic mass is 16.5. The Labute approximate surface area is 166 Å². The molecule has 0 unspecified atom stereocenters. The highest BCUT2D eigenvalue weighted by molar-refractivity contribution is 5.57. The van der Waals surface area contributed by atoms with Crippen molar-refractivity contribution < 1.29 is 4.74 Å². The van der Waals surface area contributed by atoms with Crippen molar-refractivity contribution in [1.82, 2.24) is 9.97 Å². The van der Waals surface area contributed by atoms with E-state index in [0.29, 0.717) is 5.95 Å². The number of nitrogens with zero attached hydrogens (tertiary/aromatic N) is 3. The molecule has 1 aliphatic heterocycles. The molecule has 1 aromatic heterocycles. The van der Waals surface area contributed by atoms with Crippen LogP contribution in [0, 0.1) is 5.92 Å². The number of nitrogens with one attached hydrogen (secondary N) is 1. The van der Waals surface area contributed by atoms with E-state index in [1.165, 1.54) is 24.8 Å². The van der Waals surface area contributed by atoms with Crippen molar-refractivity contribution in [3.8, 4) is 5.75 Å². The third-order valence-corrected chi connectivity index (χ3v) is 5.27. The first-order valence-electron chi connectivity index (χ1n) is 9.83. The first-order valence-corrected chi connectivity index (χ1v) is 9.83. The second kappa shape index (κ2) is 8.74. The summed E-state index contributed by atoms with van der Waals surface area (Å²) in [5.74, 6) is 3.15. The van der Waals surface area contributed by atoms with E-state index in [0.717, 1.165) is 36.3 Å². The van der Waals surface area contributed by atoms with Crippen molar-refractivity contribution in [3.05, 3.63) is 72.4 Å². The summed E-state index contributed by atoms with van der Waals surface area (Å²) in [6.07, 6.45) is 5.37. The number of benzene rings is 2. The number of ether oxygens (including phenoxy) is 1. The molecule has 3 aromatic rings. The summed E-state index contributed by atoms with van der Waals surface area (Å²) in [6.45, 7) is 2.07. The molecule has 28 heavy (non-hydrogen) atoms. The van der Waals surface area contributed by atoms with E-state index in [9.17, 15) is 0 Å². The van der Waals surface area contributed by atoms with Gasteiger partial charge in [0, 0.05) is 31.0 Å². The predicted octanol–water partition coefficient (Wildman–Crippen LogP) is 4.69. The number of rotatable bonds is 6. The first kappa shape index (κ1) is 18.3. The average Bonchev–Trinajstić information content (AvgIpc) is 2.75. The second-order valence-electron chi connectivity index (χ2n) is 7.22. The van der Waals surface area contributed by atoms with E-state index >= 15 is 0 Å². The van der Waals surface area contributed by atoms with Gasteiger partial charge in [0.1, 0.15) is 11.6 Å². The van der Waals surface area contributed by atoms with E-state index in [4.69, 9.17) is 9.72 Å². The highest BCUT2D eigenvalue weighted by Crippen LogP contribution is 2.26. The Morgan fingerprint density at radius 1 is 1.04 bits per heavy atom. The van der Waals surface area contributed by atoms with Crippen LogP contribution in [0.3, 0.4) is 0 Å². The maximum absolute atomic E-state index is 5.27. The fraction of sp³-hybridized carbons (Fsp3) is 0.304. The molecule has 0 bridgehead atoms. The molecule has 4 rings (SSSR count). The molecular formula is C23H26N4O. The Balaban J connectivity index is 1.37. The molecule has 0 saturated carbocycles. The molecule has 1 fully saturated rings. The molecule has 5 nitrogen and oxygen atoms in total. The zero-order chi connectivity index (χ0) is 19.2. The molecule has 0 atom stereocenters. The van der Waals surface area contributed by atoms with Gasteiger partial charge in [-0.1, -0.05) is 36.4 Å². The van der Waals surface area contributed by atoms with Gasteiger partial charge < -0.3 is 15.0 Å². The molecule has 2 aromatic carbocycles. The van der Waals surface area contributed by atoms with Gasteiger partial charge in [-0.05, 0) is 48.9 Å². The van der Waals surface area contributed by atoms with Gasteiger partial charge >= 0.3 is 0 Å². The Morgan fingerprint density at radius 2 is 1.86 bits per heavy atom. The lowest BCUT2D eigenvalue weighted by Gasteiger charge is -2.33. The maximum Gasteiger partial charge on any atom is 0.229 e. The van der Waals surface area contributed by atoms with Crippen molar-refractivity contribution in [2.75, 3.05) is 30.4 Å². The third kappa shape index (κ3) is 4.60. The monoisotopic (exact) mass is 374 g/mol. The van der Waals surface area contributed by atoms with Crippen LogP contribution in [0.25, 0.3) is 0 Å². The van der Waals surface area contributed by atoms with Crippen LogP contribution in [0.5, 0.6) is 5.75 Å². The molecule has 0 radical (unpaired) electrons. The van der Waals surface area contributed by atoms with E-state index in [1.807, 2.05) is 36.5 Å². The van der Waals surface area contributed by atoms with Gasteiger partial charge in [-0.2, -0.15) is 4.98 Å². The fourth-order valence-electron chi connectivity index (χ4n) is 3.73. The molecule has 0 spiro atoms. The van der Waals surface area contributed by atoms with Gasteiger partial charge in [0.15, 0.2) is 0 Å². The lowest BCUT2D eigenvalue weighted by Crippen LogP contribution is -2.35. The maximum atomic E-state index is 5.27. The standard InChI is InChI=1S/C23H26N4O/c1-28-21-9-5-8-20(17-21)25-23-24-13-10-22(26-23)27-14-11-19(12-15-27)16-18-6-3-2-4-7-18/h2-10,13,17,19H,11-12,14-16H2,1H3,(H,24,25,26). The van der Waals surface area contributed by atoms with Crippen LogP contribution in [0.2, 0.25) is 0 Å². The van der Waals surface area contributed by atoms with Crippen LogP contribution in [-0.2, 0) is 6.42 Å². The van der Waals surface area contributed by atoms with Gasteiger partial charge in [0.25, 0.3) is 0 Å². The number of methoxy groups -OCH3 is 1. The Kier molecular flexibility index (Phi) is 5.71. The lowest BCUT2D eigenvalue weighted by molar-refractivity contribution is 0.402. The van der Waals surface area contributed by atoms with E-state index in [2.05, 4.69) is 45.5 Å². The average molecular weight is 374 g/mol. The van der Waals surface area contributed by atoms with Crippen LogP contribution in [0.1, 0.15) is 18.4 Å². The molecule has 0 amide bonds. The molecule has 5 heteroatoms. The second-order valence-corrected chi connectivity index (χ2v) is 7.22. The van der Waals surface area contributed by atoms with Crippen molar-refractivity contribution in [3.63, 3.8) is 0 Å². The zero-order valence-corrected chi connectivity index (χ0v) is 16.2. The Morgan fingerprint density at radius 3 is 2.64 bits per heavy atom. The molecule has 1 N–H and O–H groups in total. The number of hydrogen-bond donors (Lipinski definition) is 1. The van der Waals surface area contributed by atoms with Crippen LogP contribution in [0.4, 0.5) is 17.5 Å². The quantitative estimate of drug-likeness (QED) is 0.678. The summed E-state index contributed by atoms with van der Waals surface area (Å²) in [4.78, 5) is 11.4. The first-order chi connectivity index (χ1) is 13.8. The minimum atomic E-state index is 0.608. The summed E-state index contributed by atoms with van der Waals surface area (Å²) >= 11 is 0. The highest BCUT2D eigenvalue weighted by Gasteiger charge is 2.20. The van der Waals surface area contributed by atoms with Crippen molar-refractivity contribution in [2.24, 2.45) is 5.92 Å². The largest absolute Gasteiger partial charge is 0.497 e. The van der Waals surface area contributed by atoms with Crippen molar-refractivity contribution in [2.45, 2.75) is 19.3 Å². The van der Waals surface area contributed by atoms with Gasteiger partial charge in [0.05, 0.1) is 7.11 Å². The van der Waals surface area contributed by atoms with Gasteiger partial charge in [-0.25, -0.2) is 4.98 Å². The van der Waals surface area contributed by atoms with Gasteiger partial charge in [-0.15, -0.1) is 0 Å². The smallest absolute Gasteiger partial charge is 0.229 e. The summed E-state index contributed by atoms with van der Waals surface area (Å²) in [6, 6.07) is 20.6. The van der Waals surface area contributed by atoms with Crippen molar-refractivity contribution >= 4 is 17.5 Å². The summed E-state index contributed by atoms with van der Waals surface area (Å²) in [5, 5.41) is 3.27. The minimum absolute atomic E-state index is 0.608. The summed E-state index contributed by atoms with van der Waals surface area (Å²) in [5.41, 5.74) is 2.35. The number of aromatic nitrogens is 2. The normalized spacial score (nSPS) is 14.7. The fourth-order valence-corrected chi connectivity index (χ4v) is 3.73. The summed E-state index contributed by atoms with van der Waals surface area (Å²) < 4.78 is 5.27. The van der Waals surface area contributed by atoms with Crippen molar-refractivity contribution in [1.29, 1.82) is 0 Å². The van der Waals surface area contributed by atoms with E-state index in [1.54, 1.807) is 7.11 Å². The van der Waals surface area contributed by atoms with Crippen LogP contribution < -0.4 is 15.0 Å². The topological polar surface area (TPSA) is 50.3 Å². The number of hydrogen-bond acceptors (Lipinski definition) is 5. The van der Waals surface area contributed by atoms with Gasteiger partial charge in [0.2, 0.25) is 5.95 Å². The Bertz CT molecular complexity index is 892. The molecular weight excluding hydrogens is 348 g/mol. The Hall–Kier alpha value is -3.08. The predicted molar refractivity (Wildman–Crippen MR) is 113 cm³/mol. The zero-order valence-electron chi connectivity index (χ0n) is 16.2. The molecule has 144 valence electrons. The van der Waals surface area contributed by atoms with Crippen LogP contribution in [0.15, 0.2) is 66.9 Å². The van der Waals surface area contributed by atoms with E-state index < -0.39 is 0 Å². The molecule has 0 aliphatic carbocycles.